The first-order valence-electron chi connectivity index (χ1n) is 10.7. The van der Waals surface area contributed by atoms with Gasteiger partial charge in [0.2, 0.25) is 0 Å². The highest BCUT2D eigenvalue weighted by Gasteiger charge is 2.46. The third kappa shape index (κ3) is 3.10. The van der Waals surface area contributed by atoms with Crippen LogP contribution in [0.25, 0.3) is 11.8 Å². The van der Waals surface area contributed by atoms with E-state index in [1.165, 1.54) is 28.8 Å². The molecule has 3 atom stereocenters. The lowest BCUT2D eigenvalue weighted by Crippen LogP contribution is -2.40. The van der Waals surface area contributed by atoms with Gasteiger partial charge in [0, 0.05) is 0 Å². The first kappa shape index (κ1) is 19.3. The summed E-state index contributed by atoms with van der Waals surface area (Å²) in [6, 6.07) is 14.7. The molecular weight excluding hydrogens is 375 g/mol. The summed E-state index contributed by atoms with van der Waals surface area (Å²) in [6.07, 6.45) is 7.72. The van der Waals surface area contributed by atoms with E-state index >= 15 is 0 Å². The molecule has 2 aromatic carbocycles. The number of hydrogen-bond donors (Lipinski definition) is 1. The van der Waals surface area contributed by atoms with Crippen molar-refractivity contribution >= 4 is 6.08 Å². The number of nitrogens with zero attached hydrogens (tertiary/aromatic N) is 2. The molecule has 2 aliphatic carbocycles. The zero-order valence-electron chi connectivity index (χ0n) is 17.5. The summed E-state index contributed by atoms with van der Waals surface area (Å²) in [5, 5.41) is 15.9. The molecule has 4 heteroatoms. The molecule has 1 heterocycles. The molecule has 0 bridgehead atoms. The molecule has 3 nitrogen and oxygen atoms in total. The van der Waals surface area contributed by atoms with Gasteiger partial charge in [-0.25, -0.2) is 9.07 Å². The summed E-state index contributed by atoms with van der Waals surface area (Å²) >= 11 is 0. The van der Waals surface area contributed by atoms with E-state index in [-0.39, 0.29) is 17.2 Å². The molecule has 1 saturated carbocycles. The van der Waals surface area contributed by atoms with Crippen LogP contribution in [0.1, 0.15) is 54.7 Å². The van der Waals surface area contributed by atoms with E-state index in [1.807, 2.05) is 10.9 Å². The second-order valence-electron chi connectivity index (χ2n) is 9.06. The molecule has 1 fully saturated rings. The molecule has 0 radical (unpaired) electrons. The number of rotatable bonds is 3. The monoisotopic (exact) mass is 402 g/mol. The number of aromatic nitrogens is 2. The fourth-order valence-corrected chi connectivity index (χ4v) is 5.37. The van der Waals surface area contributed by atoms with Gasteiger partial charge >= 0.3 is 0 Å². The first-order valence-corrected chi connectivity index (χ1v) is 10.7. The van der Waals surface area contributed by atoms with Crippen molar-refractivity contribution in [3.8, 4) is 5.69 Å². The van der Waals surface area contributed by atoms with Gasteiger partial charge in [0.1, 0.15) is 5.82 Å². The molecule has 2 aliphatic rings. The van der Waals surface area contributed by atoms with Crippen molar-refractivity contribution in [3.63, 3.8) is 0 Å². The quantitative estimate of drug-likeness (QED) is 0.601. The van der Waals surface area contributed by atoms with Crippen molar-refractivity contribution in [1.29, 1.82) is 0 Å². The minimum absolute atomic E-state index is 0.0911. The Bertz CT molecular complexity index is 1100. The van der Waals surface area contributed by atoms with E-state index < -0.39 is 6.10 Å². The number of aliphatic hydroxyl groups excluding tert-OH is 1. The molecule has 30 heavy (non-hydrogen) atoms. The lowest BCUT2D eigenvalue weighted by Gasteiger charge is -2.47. The lowest BCUT2D eigenvalue weighted by molar-refractivity contribution is 0.0217. The molecule has 0 aliphatic heterocycles. The van der Waals surface area contributed by atoms with Crippen molar-refractivity contribution in [2.75, 3.05) is 0 Å². The number of halogens is 1. The summed E-state index contributed by atoms with van der Waals surface area (Å²) in [5.41, 5.74) is 6.64. The van der Waals surface area contributed by atoms with Gasteiger partial charge in [0.15, 0.2) is 0 Å². The number of aliphatic hydroxyl groups is 1. The third-order valence-corrected chi connectivity index (χ3v) is 7.14. The summed E-state index contributed by atoms with van der Waals surface area (Å²) < 4.78 is 15.3. The Morgan fingerprint density at radius 3 is 2.60 bits per heavy atom. The maximum atomic E-state index is 13.4. The van der Waals surface area contributed by atoms with E-state index in [4.69, 9.17) is 0 Å². The first-order chi connectivity index (χ1) is 14.5. The van der Waals surface area contributed by atoms with Crippen molar-refractivity contribution in [1.82, 2.24) is 9.78 Å². The molecule has 5 rings (SSSR count). The SMILES string of the molecule is Cc1ccc([C@H](O)[C@H]2CCCC3=Cc4c(cnn4-c4ccc(F)cc4)C[C@@]32C)cc1. The summed E-state index contributed by atoms with van der Waals surface area (Å²) in [5.74, 6) is -0.0755. The Labute approximate surface area is 176 Å². The Morgan fingerprint density at radius 2 is 1.87 bits per heavy atom. The molecule has 3 aromatic rings. The fourth-order valence-electron chi connectivity index (χ4n) is 5.37. The van der Waals surface area contributed by atoms with E-state index in [2.05, 4.69) is 49.3 Å². The molecule has 154 valence electrons. The minimum Gasteiger partial charge on any atom is -0.388 e. The van der Waals surface area contributed by atoms with Gasteiger partial charge in [-0.3, -0.25) is 0 Å². The Balaban J connectivity index is 1.51. The van der Waals surface area contributed by atoms with Crippen LogP contribution in [0, 0.1) is 24.1 Å². The van der Waals surface area contributed by atoms with E-state index in [0.717, 1.165) is 42.6 Å². The molecular formula is C26H27FN2O. The van der Waals surface area contributed by atoms with E-state index in [1.54, 1.807) is 12.1 Å². The average molecular weight is 403 g/mol. The van der Waals surface area contributed by atoms with Crippen LogP contribution < -0.4 is 0 Å². The lowest BCUT2D eigenvalue weighted by atomic mass is 9.57. The van der Waals surface area contributed by atoms with E-state index in [9.17, 15) is 9.50 Å². The standard InChI is InChI=1S/C26H27FN2O/c1-17-6-8-18(9-7-17)25(30)23-5-3-4-20-14-24-19(15-26(20,23)2)16-28-29(24)22-12-10-21(27)11-13-22/h6-14,16,23,25,30H,3-5,15H2,1-2H3/t23-,25+,26+/m1/s1. The third-order valence-electron chi connectivity index (χ3n) is 7.14. The summed E-state index contributed by atoms with van der Waals surface area (Å²) in [7, 11) is 0. The van der Waals surface area contributed by atoms with Crippen molar-refractivity contribution in [2.45, 2.75) is 45.6 Å². The van der Waals surface area contributed by atoms with Crippen molar-refractivity contribution < 1.29 is 9.50 Å². The number of fused-ring (bicyclic) bond motifs is 2. The topological polar surface area (TPSA) is 38.1 Å². The molecule has 0 spiro atoms. The highest BCUT2D eigenvalue weighted by Crippen LogP contribution is 2.54. The molecule has 1 N–H and O–H groups in total. The number of hydrogen-bond acceptors (Lipinski definition) is 2. The molecule has 1 aromatic heterocycles. The van der Waals surface area contributed by atoms with Crippen LogP contribution in [0.5, 0.6) is 0 Å². The van der Waals surface area contributed by atoms with Crippen LogP contribution in [-0.2, 0) is 6.42 Å². The van der Waals surface area contributed by atoms with Crippen LogP contribution in [0.15, 0.2) is 60.3 Å². The number of allylic oxidation sites excluding steroid dienone is 1. The van der Waals surface area contributed by atoms with Crippen molar-refractivity contribution in [2.24, 2.45) is 11.3 Å². The Morgan fingerprint density at radius 1 is 1.13 bits per heavy atom. The molecule has 0 saturated heterocycles. The smallest absolute Gasteiger partial charge is 0.123 e. The average Bonchev–Trinajstić information content (AvgIpc) is 3.14. The van der Waals surface area contributed by atoms with Crippen LogP contribution in [0.4, 0.5) is 4.39 Å². The highest BCUT2D eigenvalue weighted by atomic mass is 19.1. The van der Waals surface area contributed by atoms with Crippen LogP contribution in [-0.4, -0.2) is 14.9 Å². The van der Waals surface area contributed by atoms with Gasteiger partial charge in [-0.05, 0) is 85.4 Å². The highest BCUT2D eigenvalue weighted by molar-refractivity contribution is 5.61. The van der Waals surface area contributed by atoms with Crippen LogP contribution >= 0.6 is 0 Å². The number of aryl methyl sites for hydroxylation is 1. The second kappa shape index (κ2) is 7.21. The summed E-state index contributed by atoms with van der Waals surface area (Å²) in [4.78, 5) is 0. The predicted octanol–water partition coefficient (Wildman–Crippen LogP) is 5.80. The fraction of sp³-hybridized carbons (Fsp3) is 0.346. The predicted molar refractivity (Wildman–Crippen MR) is 117 cm³/mol. The summed E-state index contributed by atoms with van der Waals surface area (Å²) in [6.45, 7) is 4.37. The maximum Gasteiger partial charge on any atom is 0.123 e. The van der Waals surface area contributed by atoms with Gasteiger partial charge in [-0.15, -0.1) is 0 Å². The Kier molecular flexibility index (Phi) is 4.62. The van der Waals surface area contributed by atoms with Crippen molar-refractivity contribution in [3.05, 3.63) is 88.5 Å². The van der Waals surface area contributed by atoms with Gasteiger partial charge < -0.3 is 5.11 Å². The van der Waals surface area contributed by atoms with Gasteiger partial charge in [-0.1, -0.05) is 42.3 Å². The van der Waals surface area contributed by atoms with Crippen LogP contribution in [0.2, 0.25) is 0 Å². The van der Waals surface area contributed by atoms with Gasteiger partial charge in [0.25, 0.3) is 0 Å². The Hall–Kier alpha value is -2.72. The zero-order chi connectivity index (χ0) is 20.9. The maximum absolute atomic E-state index is 13.4. The van der Waals surface area contributed by atoms with E-state index in [0.29, 0.717) is 0 Å². The second-order valence-corrected chi connectivity index (χ2v) is 9.06. The van der Waals surface area contributed by atoms with Crippen LogP contribution in [0.3, 0.4) is 0 Å². The normalized spacial score (nSPS) is 24.0. The van der Waals surface area contributed by atoms with Gasteiger partial charge in [0.05, 0.1) is 23.7 Å². The zero-order valence-corrected chi connectivity index (χ0v) is 17.5. The molecule has 0 unspecified atom stereocenters. The minimum atomic E-state index is -0.479. The largest absolute Gasteiger partial charge is 0.388 e. The number of benzene rings is 2. The van der Waals surface area contributed by atoms with Gasteiger partial charge in [-0.2, -0.15) is 5.10 Å². The molecule has 0 amide bonds.